The summed E-state index contributed by atoms with van der Waals surface area (Å²) in [6, 6.07) is 7.09. The van der Waals surface area contributed by atoms with Crippen LogP contribution in [0.2, 0.25) is 0 Å². The van der Waals surface area contributed by atoms with Crippen LogP contribution in [0.5, 0.6) is 11.6 Å². The second-order valence-corrected chi connectivity index (χ2v) is 5.02. The number of aromatic nitrogens is 2. The van der Waals surface area contributed by atoms with Crippen molar-refractivity contribution in [2.75, 3.05) is 20.2 Å². The fraction of sp³-hybridized carbons (Fsp3) is 0.312. The Morgan fingerprint density at radius 1 is 1.27 bits per heavy atom. The van der Waals surface area contributed by atoms with Crippen molar-refractivity contribution in [1.29, 1.82) is 0 Å². The average molecular weight is 299 g/mol. The van der Waals surface area contributed by atoms with Gasteiger partial charge in [0, 0.05) is 31.6 Å². The minimum Gasteiger partial charge on any atom is -0.488 e. The van der Waals surface area contributed by atoms with Crippen LogP contribution in [-0.4, -0.2) is 47.1 Å². The van der Waals surface area contributed by atoms with Crippen LogP contribution in [0.15, 0.2) is 42.9 Å². The number of rotatable bonds is 4. The van der Waals surface area contributed by atoms with E-state index in [1.54, 1.807) is 35.6 Å². The Balaban J connectivity index is 1.66. The molecule has 1 atom stereocenters. The Labute approximate surface area is 128 Å². The monoisotopic (exact) mass is 299 g/mol. The van der Waals surface area contributed by atoms with Crippen LogP contribution >= 0.6 is 0 Å². The van der Waals surface area contributed by atoms with Gasteiger partial charge in [-0.15, -0.1) is 0 Å². The summed E-state index contributed by atoms with van der Waals surface area (Å²) in [7, 11) is 1.51. The van der Waals surface area contributed by atoms with Crippen LogP contribution in [0.1, 0.15) is 16.8 Å². The largest absolute Gasteiger partial charge is 0.488 e. The van der Waals surface area contributed by atoms with E-state index >= 15 is 0 Å². The van der Waals surface area contributed by atoms with Crippen LogP contribution in [-0.2, 0) is 0 Å². The molecule has 2 aromatic rings. The summed E-state index contributed by atoms with van der Waals surface area (Å²) in [6.07, 6.45) is 5.78. The van der Waals surface area contributed by atoms with E-state index in [1.807, 2.05) is 12.1 Å². The van der Waals surface area contributed by atoms with Crippen molar-refractivity contribution in [2.45, 2.75) is 12.5 Å². The van der Waals surface area contributed by atoms with Crippen molar-refractivity contribution in [3.63, 3.8) is 0 Å². The lowest BCUT2D eigenvalue weighted by Gasteiger charge is -2.18. The quantitative estimate of drug-likeness (QED) is 0.861. The van der Waals surface area contributed by atoms with Gasteiger partial charge in [0.25, 0.3) is 5.91 Å². The predicted octanol–water partition coefficient (Wildman–Crippen LogP) is 1.78. The summed E-state index contributed by atoms with van der Waals surface area (Å²) in [5.74, 6) is 1.05. The topological polar surface area (TPSA) is 64.5 Å². The molecule has 22 heavy (non-hydrogen) atoms. The van der Waals surface area contributed by atoms with Gasteiger partial charge in [-0.05, 0) is 24.3 Å². The number of methoxy groups -OCH3 is 1. The van der Waals surface area contributed by atoms with E-state index in [2.05, 4.69) is 9.97 Å². The normalized spacial score (nSPS) is 17.3. The molecule has 0 N–H and O–H groups in total. The number of amides is 1. The number of hydrogen-bond donors (Lipinski definition) is 0. The van der Waals surface area contributed by atoms with Gasteiger partial charge in [0.05, 0.1) is 13.7 Å². The third-order valence-corrected chi connectivity index (χ3v) is 3.58. The summed E-state index contributed by atoms with van der Waals surface area (Å²) < 4.78 is 11.0. The zero-order valence-electron chi connectivity index (χ0n) is 12.3. The van der Waals surface area contributed by atoms with Gasteiger partial charge in [-0.2, -0.15) is 0 Å². The van der Waals surface area contributed by atoms with Gasteiger partial charge in [0.15, 0.2) is 0 Å². The lowest BCUT2D eigenvalue weighted by molar-refractivity contribution is 0.0768. The first-order valence-corrected chi connectivity index (χ1v) is 7.13. The van der Waals surface area contributed by atoms with E-state index in [4.69, 9.17) is 9.47 Å². The Morgan fingerprint density at radius 3 is 2.86 bits per heavy atom. The summed E-state index contributed by atoms with van der Waals surface area (Å²) in [4.78, 5) is 22.4. The molecule has 0 aromatic carbocycles. The minimum atomic E-state index is -0.0780. The molecule has 0 spiro atoms. The van der Waals surface area contributed by atoms with E-state index in [0.717, 1.165) is 12.2 Å². The van der Waals surface area contributed by atoms with Crippen LogP contribution in [0, 0.1) is 0 Å². The number of pyridine rings is 2. The summed E-state index contributed by atoms with van der Waals surface area (Å²) in [5.41, 5.74) is 0.481. The number of carbonyl (C=O) groups excluding carboxylic acids is 1. The fourth-order valence-corrected chi connectivity index (χ4v) is 2.50. The zero-order chi connectivity index (χ0) is 15.4. The van der Waals surface area contributed by atoms with Gasteiger partial charge in [-0.1, -0.05) is 0 Å². The van der Waals surface area contributed by atoms with E-state index < -0.39 is 0 Å². The Bertz CT molecular complexity index is 648. The molecule has 1 aliphatic rings. The van der Waals surface area contributed by atoms with Crippen molar-refractivity contribution in [2.24, 2.45) is 0 Å². The van der Waals surface area contributed by atoms with E-state index in [9.17, 15) is 4.79 Å². The fourth-order valence-electron chi connectivity index (χ4n) is 2.50. The molecule has 1 amide bonds. The highest BCUT2D eigenvalue weighted by molar-refractivity contribution is 5.96. The number of likely N-dealkylation sites (tertiary alicyclic amines) is 1. The summed E-state index contributed by atoms with van der Waals surface area (Å²) >= 11 is 0. The SMILES string of the molecule is COc1ncccc1C(=O)N1CCC(Oc2ccncc2)C1. The van der Waals surface area contributed by atoms with Crippen LogP contribution in [0.25, 0.3) is 0 Å². The average Bonchev–Trinajstić information content (AvgIpc) is 3.03. The van der Waals surface area contributed by atoms with Gasteiger partial charge in [0.2, 0.25) is 5.88 Å². The lowest BCUT2D eigenvalue weighted by Crippen LogP contribution is -2.31. The van der Waals surface area contributed by atoms with Gasteiger partial charge < -0.3 is 14.4 Å². The van der Waals surface area contributed by atoms with Crippen molar-refractivity contribution in [3.05, 3.63) is 48.4 Å². The van der Waals surface area contributed by atoms with E-state index in [1.165, 1.54) is 7.11 Å². The van der Waals surface area contributed by atoms with Gasteiger partial charge in [0.1, 0.15) is 17.4 Å². The smallest absolute Gasteiger partial charge is 0.259 e. The molecular formula is C16H17N3O3. The molecule has 0 aliphatic carbocycles. The molecule has 1 saturated heterocycles. The molecule has 3 rings (SSSR count). The maximum Gasteiger partial charge on any atom is 0.259 e. The van der Waals surface area contributed by atoms with Crippen LogP contribution < -0.4 is 9.47 Å². The maximum atomic E-state index is 12.6. The standard InChI is InChI=1S/C16H17N3O3/c1-21-15-14(3-2-7-18-15)16(20)19-10-6-13(11-19)22-12-4-8-17-9-5-12/h2-5,7-9,13H,6,10-11H2,1H3. The molecule has 0 radical (unpaired) electrons. The third-order valence-electron chi connectivity index (χ3n) is 3.58. The first-order chi connectivity index (χ1) is 10.8. The highest BCUT2D eigenvalue weighted by atomic mass is 16.5. The molecular weight excluding hydrogens is 282 g/mol. The van der Waals surface area contributed by atoms with Crippen LogP contribution in [0.4, 0.5) is 0 Å². The highest BCUT2D eigenvalue weighted by Crippen LogP contribution is 2.22. The van der Waals surface area contributed by atoms with Crippen molar-refractivity contribution in [3.8, 4) is 11.6 Å². The van der Waals surface area contributed by atoms with Crippen molar-refractivity contribution in [1.82, 2.24) is 14.9 Å². The lowest BCUT2D eigenvalue weighted by atomic mass is 10.2. The van der Waals surface area contributed by atoms with Gasteiger partial charge in [-0.25, -0.2) is 4.98 Å². The van der Waals surface area contributed by atoms with Gasteiger partial charge >= 0.3 is 0 Å². The molecule has 1 unspecified atom stereocenters. The first-order valence-electron chi connectivity index (χ1n) is 7.13. The summed E-state index contributed by atoms with van der Waals surface area (Å²) in [5, 5.41) is 0. The maximum absolute atomic E-state index is 12.6. The molecule has 114 valence electrons. The second-order valence-electron chi connectivity index (χ2n) is 5.02. The molecule has 3 heterocycles. The van der Waals surface area contributed by atoms with E-state index in [-0.39, 0.29) is 12.0 Å². The highest BCUT2D eigenvalue weighted by Gasteiger charge is 2.29. The first kappa shape index (κ1) is 14.3. The number of ether oxygens (including phenoxy) is 2. The molecule has 6 nitrogen and oxygen atoms in total. The number of nitrogens with zero attached hydrogens (tertiary/aromatic N) is 3. The molecule has 2 aromatic heterocycles. The van der Waals surface area contributed by atoms with Crippen molar-refractivity contribution < 1.29 is 14.3 Å². The molecule has 0 saturated carbocycles. The van der Waals surface area contributed by atoms with E-state index in [0.29, 0.717) is 24.5 Å². The number of carbonyl (C=O) groups is 1. The third kappa shape index (κ3) is 3.00. The van der Waals surface area contributed by atoms with Gasteiger partial charge in [-0.3, -0.25) is 9.78 Å². The Morgan fingerprint density at radius 2 is 2.09 bits per heavy atom. The Hall–Kier alpha value is -2.63. The van der Waals surface area contributed by atoms with Crippen molar-refractivity contribution >= 4 is 5.91 Å². The molecule has 6 heteroatoms. The molecule has 0 bridgehead atoms. The number of hydrogen-bond acceptors (Lipinski definition) is 5. The minimum absolute atomic E-state index is 0.00554. The molecule has 1 aliphatic heterocycles. The molecule has 1 fully saturated rings. The Kier molecular flexibility index (Phi) is 4.18. The zero-order valence-corrected chi connectivity index (χ0v) is 12.3. The van der Waals surface area contributed by atoms with Crippen LogP contribution in [0.3, 0.4) is 0 Å². The second kappa shape index (κ2) is 6.43. The predicted molar refractivity (Wildman–Crippen MR) is 80.0 cm³/mol. The summed E-state index contributed by atoms with van der Waals surface area (Å²) in [6.45, 7) is 1.21.